The van der Waals surface area contributed by atoms with Gasteiger partial charge in [-0.05, 0) is 0 Å². The average molecular weight is 209 g/mol. The van der Waals surface area contributed by atoms with Crippen LogP contribution in [0.5, 0.6) is 0 Å². The third-order valence-electron chi connectivity index (χ3n) is 0. The van der Waals surface area contributed by atoms with Crippen LogP contribution < -0.4 is 6.15 Å². The van der Waals surface area contributed by atoms with Crippen molar-refractivity contribution < 1.29 is 62.7 Å². The van der Waals surface area contributed by atoms with Gasteiger partial charge in [0.05, 0.1) is 0 Å². The summed E-state index contributed by atoms with van der Waals surface area (Å²) in [5.74, 6) is 0. The Labute approximate surface area is 68.2 Å². The number of hydrogen-bond acceptors (Lipinski definition) is 1. The first-order valence-corrected chi connectivity index (χ1v) is 0. The second kappa shape index (κ2) is 20.0. The fourth-order valence-corrected chi connectivity index (χ4v) is 0. The van der Waals surface area contributed by atoms with Crippen molar-refractivity contribution in [1.82, 2.24) is 6.15 Å². The fourth-order valence-electron chi connectivity index (χ4n) is 0. The van der Waals surface area contributed by atoms with Gasteiger partial charge in [0.25, 0.3) is 0 Å². The Balaban J connectivity index is 0. The predicted molar refractivity (Wildman–Crippen MR) is 5.02 cm³/mol. The van der Waals surface area contributed by atoms with Gasteiger partial charge < -0.3 is 6.15 Å². The summed E-state index contributed by atoms with van der Waals surface area (Å²) < 4.78 is 0. The molecule has 0 amide bonds. The van der Waals surface area contributed by atoms with E-state index in [2.05, 4.69) is 0 Å². The summed E-state index contributed by atoms with van der Waals surface area (Å²) in [5.41, 5.74) is 0. The molecule has 0 aliphatic heterocycles. The zero-order valence-corrected chi connectivity index (χ0v) is 7.26. The van der Waals surface area contributed by atoms with Crippen LogP contribution in [0.4, 0.5) is 0 Å². The van der Waals surface area contributed by atoms with Crippen molar-refractivity contribution in [2.45, 2.75) is 0 Å². The van der Waals surface area contributed by atoms with Gasteiger partial charge >= 0.3 is 0 Å². The quantitative estimate of drug-likeness (QED) is 0.566. The van der Waals surface area contributed by atoms with Crippen molar-refractivity contribution >= 4 is 0 Å². The van der Waals surface area contributed by atoms with Crippen molar-refractivity contribution in [3.63, 3.8) is 0 Å². The molecule has 22 valence electrons. The molecule has 4 heteroatoms. The molecule has 0 aliphatic carbocycles. The molecule has 0 saturated carbocycles. The minimum atomic E-state index is 0. The summed E-state index contributed by atoms with van der Waals surface area (Å²) in [6.07, 6.45) is 0. The van der Waals surface area contributed by atoms with Gasteiger partial charge in [0.2, 0.25) is 0 Å². The molecule has 0 aromatic rings. The molecular weight excluding hydrogens is 206 g/mol. The van der Waals surface area contributed by atoms with E-state index in [0.29, 0.717) is 0 Å². The van der Waals surface area contributed by atoms with Crippen LogP contribution in [0.3, 0.4) is 0 Å². The van der Waals surface area contributed by atoms with Crippen LogP contribution in [-0.2, 0) is 62.7 Å². The Morgan fingerprint density at radius 2 is 1.00 bits per heavy atom. The van der Waals surface area contributed by atoms with Crippen molar-refractivity contribution in [3.05, 3.63) is 0 Å². The van der Waals surface area contributed by atoms with Crippen LogP contribution in [0, 0.1) is 0 Å². The van der Waals surface area contributed by atoms with Crippen LogP contribution in [0.25, 0.3) is 0 Å². The van der Waals surface area contributed by atoms with E-state index in [0.717, 1.165) is 0 Å². The van der Waals surface area contributed by atoms with Gasteiger partial charge in [0, 0.05) is 62.7 Å². The first-order chi connectivity index (χ1) is 0. The van der Waals surface area contributed by atoms with Gasteiger partial charge in [0.1, 0.15) is 0 Å². The molecular formula is H3NNbTiV. The Morgan fingerprint density at radius 3 is 1.00 bits per heavy atom. The van der Waals surface area contributed by atoms with E-state index in [1.165, 1.54) is 0 Å². The monoisotopic (exact) mass is 209 g/mol. The normalized spacial score (nSPS) is 0. The molecule has 0 saturated heterocycles. The Morgan fingerprint density at radius 1 is 1.00 bits per heavy atom. The van der Waals surface area contributed by atoms with Crippen LogP contribution in [0.1, 0.15) is 0 Å². The summed E-state index contributed by atoms with van der Waals surface area (Å²) >= 11 is 0. The molecule has 0 atom stereocenters. The molecule has 4 heavy (non-hydrogen) atoms. The van der Waals surface area contributed by atoms with Crippen molar-refractivity contribution in [3.8, 4) is 0 Å². The summed E-state index contributed by atoms with van der Waals surface area (Å²) in [6.45, 7) is 0. The van der Waals surface area contributed by atoms with Gasteiger partial charge in [0.15, 0.2) is 0 Å². The first-order valence-electron chi connectivity index (χ1n) is 0. The number of hydrogen-bond donors (Lipinski definition) is 1. The van der Waals surface area contributed by atoms with Crippen LogP contribution in [0.15, 0.2) is 0 Å². The van der Waals surface area contributed by atoms with E-state index >= 15 is 0 Å². The molecule has 1 nitrogen and oxygen atoms in total. The molecule has 2 radical (unpaired) electrons. The Hall–Kier alpha value is 2.00. The van der Waals surface area contributed by atoms with Crippen LogP contribution in [-0.4, -0.2) is 0 Å². The Kier molecular flexibility index (Phi) is 188. The van der Waals surface area contributed by atoms with Crippen molar-refractivity contribution in [2.24, 2.45) is 0 Å². The van der Waals surface area contributed by atoms with Crippen LogP contribution in [0.2, 0.25) is 0 Å². The molecule has 3 N–H and O–H groups in total. The maximum absolute atomic E-state index is 0. The van der Waals surface area contributed by atoms with Gasteiger partial charge in [-0.3, -0.25) is 0 Å². The second-order valence-corrected chi connectivity index (χ2v) is 0. The predicted octanol–water partition coefficient (Wildman–Crippen LogP) is 0.154. The third kappa shape index (κ3) is 9.00. The van der Waals surface area contributed by atoms with E-state index in [9.17, 15) is 0 Å². The summed E-state index contributed by atoms with van der Waals surface area (Å²) in [5, 5.41) is 0. The standard InChI is InChI=1S/H3N.Nb.Ti.V/h1H3;;;. The molecule has 0 rings (SSSR count). The number of rotatable bonds is 0. The molecule has 0 fully saturated rings. The summed E-state index contributed by atoms with van der Waals surface area (Å²) in [4.78, 5) is 0. The molecule has 0 heterocycles. The first kappa shape index (κ1) is 37.5. The molecule has 0 spiro atoms. The van der Waals surface area contributed by atoms with Gasteiger partial charge in [-0.1, -0.05) is 0 Å². The van der Waals surface area contributed by atoms with Crippen molar-refractivity contribution in [2.75, 3.05) is 0 Å². The maximum atomic E-state index is 0. The third-order valence-corrected chi connectivity index (χ3v) is 0. The van der Waals surface area contributed by atoms with Gasteiger partial charge in [-0.25, -0.2) is 0 Å². The minimum absolute atomic E-state index is 0. The molecule has 0 bridgehead atoms. The zero-order valence-electron chi connectivity index (χ0n) is 2.10. The smallest absolute Gasteiger partial charge is 0 e. The summed E-state index contributed by atoms with van der Waals surface area (Å²) in [7, 11) is 0. The maximum Gasteiger partial charge on any atom is 0 e. The van der Waals surface area contributed by atoms with Crippen molar-refractivity contribution in [1.29, 1.82) is 0 Å². The Bertz CT molecular complexity index is 8.00. The van der Waals surface area contributed by atoms with E-state index in [-0.39, 0.29) is 68.8 Å². The van der Waals surface area contributed by atoms with Crippen LogP contribution >= 0.6 is 0 Å². The fraction of sp³-hybridized carbons (Fsp3) is 0. The zero-order chi connectivity index (χ0) is 0. The summed E-state index contributed by atoms with van der Waals surface area (Å²) in [6, 6.07) is 0. The molecule has 0 aromatic heterocycles. The SMILES string of the molecule is N.[Nb].[Ti].[V]. The topological polar surface area (TPSA) is 35.0 Å². The minimum Gasteiger partial charge on any atom is -0.344 e. The average Bonchev–Trinajstić information content (AvgIpc) is 0. The van der Waals surface area contributed by atoms with E-state index in [4.69, 9.17) is 0 Å². The van der Waals surface area contributed by atoms with Gasteiger partial charge in [-0.2, -0.15) is 0 Å². The molecule has 0 aliphatic rings. The molecule has 0 aromatic carbocycles. The molecule has 0 unspecified atom stereocenters. The van der Waals surface area contributed by atoms with E-state index in [1.54, 1.807) is 0 Å². The van der Waals surface area contributed by atoms with E-state index in [1.807, 2.05) is 0 Å². The second-order valence-electron chi connectivity index (χ2n) is 0. The van der Waals surface area contributed by atoms with Gasteiger partial charge in [-0.15, -0.1) is 0 Å². The largest absolute Gasteiger partial charge is 0.344 e. The van der Waals surface area contributed by atoms with E-state index < -0.39 is 0 Å².